The summed E-state index contributed by atoms with van der Waals surface area (Å²) >= 11 is 0. The molecule has 5 heteroatoms. The van der Waals surface area contributed by atoms with E-state index >= 15 is 0 Å². The van der Waals surface area contributed by atoms with Crippen LogP contribution in [0.4, 0.5) is 5.69 Å². The Kier molecular flexibility index (Phi) is 3.31. The smallest absolute Gasteiger partial charge is 0.323 e. The molecule has 0 bridgehead atoms. The number of hydrogen-bond acceptors (Lipinski definition) is 3. The van der Waals surface area contributed by atoms with E-state index in [2.05, 4.69) is 0 Å². The van der Waals surface area contributed by atoms with Crippen LogP contribution in [0.2, 0.25) is 0 Å². The second-order valence-corrected chi connectivity index (χ2v) is 4.69. The molecular formula is C16H13NO4. The van der Waals surface area contributed by atoms with Gasteiger partial charge in [0.2, 0.25) is 6.10 Å². The van der Waals surface area contributed by atoms with Crippen molar-refractivity contribution in [3.8, 4) is 5.75 Å². The van der Waals surface area contributed by atoms with E-state index in [1.165, 1.54) is 4.90 Å². The minimum absolute atomic E-state index is 0.373. The van der Waals surface area contributed by atoms with Gasteiger partial charge in [0.1, 0.15) is 12.3 Å². The second-order valence-electron chi connectivity index (χ2n) is 4.69. The normalized spacial score (nSPS) is 17.0. The zero-order chi connectivity index (χ0) is 14.8. The predicted molar refractivity (Wildman–Crippen MR) is 76.2 cm³/mol. The SMILES string of the molecule is O=C(O)CN1C(=O)C(c2ccccc2)Oc2ccccc21. The van der Waals surface area contributed by atoms with Gasteiger partial charge < -0.3 is 9.84 Å². The highest BCUT2D eigenvalue weighted by molar-refractivity contribution is 6.03. The molecule has 1 heterocycles. The summed E-state index contributed by atoms with van der Waals surface area (Å²) in [5.74, 6) is -0.929. The highest BCUT2D eigenvalue weighted by Gasteiger charge is 2.36. The molecule has 0 saturated heterocycles. The molecule has 0 spiro atoms. The Morgan fingerprint density at radius 3 is 2.48 bits per heavy atom. The number of para-hydroxylation sites is 2. The highest BCUT2D eigenvalue weighted by Crippen LogP contribution is 2.38. The molecule has 21 heavy (non-hydrogen) atoms. The molecule has 0 radical (unpaired) electrons. The molecule has 0 aliphatic carbocycles. The number of anilines is 1. The number of carboxylic acid groups (broad SMARTS) is 1. The Morgan fingerprint density at radius 2 is 1.76 bits per heavy atom. The number of ether oxygens (including phenoxy) is 1. The van der Waals surface area contributed by atoms with E-state index in [0.717, 1.165) is 0 Å². The average Bonchev–Trinajstić information content (AvgIpc) is 2.50. The molecule has 5 nitrogen and oxygen atoms in total. The highest BCUT2D eigenvalue weighted by atomic mass is 16.5. The van der Waals surface area contributed by atoms with Crippen LogP contribution in [0.5, 0.6) is 5.75 Å². The quantitative estimate of drug-likeness (QED) is 0.938. The van der Waals surface area contributed by atoms with E-state index in [0.29, 0.717) is 17.0 Å². The first-order valence-corrected chi connectivity index (χ1v) is 6.50. The van der Waals surface area contributed by atoms with Gasteiger partial charge in [-0.05, 0) is 12.1 Å². The fourth-order valence-electron chi connectivity index (χ4n) is 2.35. The molecule has 2 aromatic rings. The molecular weight excluding hydrogens is 270 g/mol. The Labute approximate surface area is 121 Å². The molecule has 1 aliphatic heterocycles. The van der Waals surface area contributed by atoms with Crippen LogP contribution >= 0.6 is 0 Å². The van der Waals surface area contributed by atoms with E-state index in [4.69, 9.17) is 9.84 Å². The first-order chi connectivity index (χ1) is 10.2. The van der Waals surface area contributed by atoms with Crippen molar-refractivity contribution in [2.24, 2.45) is 0 Å². The summed E-state index contributed by atoms with van der Waals surface area (Å²) < 4.78 is 5.76. The Hall–Kier alpha value is -2.82. The summed E-state index contributed by atoms with van der Waals surface area (Å²) in [6.45, 7) is -0.386. The van der Waals surface area contributed by atoms with Crippen molar-refractivity contribution < 1.29 is 19.4 Å². The number of aliphatic carboxylic acids is 1. The monoisotopic (exact) mass is 283 g/mol. The molecule has 1 atom stereocenters. The molecule has 1 unspecified atom stereocenters. The van der Waals surface area contributed by atoms with Gasteiger partial charge in [-0.15, -0.1) is 0 Å². The van der Waals surface area contributed by atoms with Crippen LogP contribution in [0.1, 0.15) is 11.7 Å². The first kappa shape index (κ1) is 13.2. The fraction of sp³-hybridized carbons (Fsp3) is 0.125. The third-order valence-electron chi connectivity index (χ3n) is 3.29. The van der Waals surface area contributed by atoms with Crippen LogP contribution in [-0.4, -0.2) is 23.5 Å². The minimum atomic E-state index is -1.06. The summed E-state index contributed by atoms with van der Waals surface area (Å²) in [4.78, 5) is 24.8. The molecule has 1 aliphatic rings. The number of carbonyl (C=O) groups is 2. The van der Waals surface area contributed by atoms with E-state index in [1.54, 1.807) is 36.4 Å². The Balaban J connectivity index is 2.04. The van der Waals surface area contributed by atoms with E-state index in [9.17, 15) is 9.59 Å². The summed E-state index contributed by atoms with van der Waals surface area (Å²) in [6.07, 6.45) is -0.819. The maximum atomic E-state index is 12.6. The topological polar surface area (TPSA) is 66.8 Å². The molecule has 2 aromatic carbocycles. The lowest BCUT2D eigenvalue weighted by Gasteiger charge is -2.33. The number of hydrogen-bond donors (Lipinski definition) is 1. The molecule has 0 fully saturated rings. The van der Waals surface area contributed by atoms with Crippen LogP contribution in [-0.2, 0) is 9.59 Å². The van der Waals surface area contributed by atoms with Crippen LogP contribution < -0.4 is 9.64 Å². The predicted octanol–water partition coefficient (Wildman–Crippen LogP) is 2.24. The number of nitrogens with zero attached hydrogens (tertiary/aromatic N) is 1. The summed E-state index contributed by atoms with van der Waals surface area (Å²) in [7, 11) is 0. The standard InChI is InChI=1S/C16H13NO4/c18-14(19)10-17-12-8-4-5-9-13(12)21-15(16(17)20)11-6-2-1-3-7-11/h1-9,15H,10H2,(H,18,19). The van der Waals surface area contributed by atoms with E-state index < -0.39 is 12.1 Å². The van der Waals surface area contributed by atoms with Gasteiger partial charge in [0, 0.05) is 5.56 Å². The third-order valence-corrected chi connectivity index (χ3v) is 3.29. The Morgan fingerprint density at radius 1 is 1.10 bits per heavy atom. The van der Waals surface area contributed by atoms with E-state index in [-0.39, 0.29) is 12.5 Å². The summed E-state index contributed by atoms with van der Waals surface area (Å²) in [5.41, 5.74) is 1.18. The van der Waals surface area contributed by atoms with Crippen LogP contribution in [0.25, 0.3) is 0 Å². The summed E-state index contributed by atoms with van der Waals surface area (Å²) in [5, 5.41) is 9.03. The van der Waals surface area contributed by atoms with Gasteiger partial charge in [-0.25, -0.2) is 0 Å². The number of rotatable bonds is 3. The van der Waals surface area contributed by atoms with Crippen molar-refractivity contribution >= 4 is 17.6 Å². The minimum Gasteiger partial charge on any atom is -0.480 e. The fourth-order valence-corrected chi connectivity index (χ4v) is 2.35. The zero-order valence-electron chi connectivity index (χ0n) is 11.1. The van der Waals surface area contributed by atoms with Gasteiger partial charge in [-0.1, -0.05) is 42.5 Å². The number of carbonyl (C=O) groups excluding carboxylic acids is 1. The lowest BCUT2D eigenvalue weighted by Crippen LogP contribution is -2.43. The maximum absolute atomic E-state index is 12.6. The van der Waals surface area contributed by atoms with Crippen molar-refractivity contribution in [1.29, 1.82) is 0 Å². The molecule has 0 saturated carbocycles. The van der Waals surface area contributed by atoms with Crippen LogP contribution in [0.3, 0.4) is 0 Å². The second kappa shape index (κ2) is 5.28. The number of amides is 1. The van der Waals surface area contributed by atoms with Gasteiger partial charge in [0.05, 0.1) is 5.69 Å². The molecule has 106 valence electrons. The molecule has 3 rings (SSSR count). The van der Waals surface area contributed by atoms with Crippen LogP contribution in [0, 0.1) is 0 Å². The third kappa shape index (κ3) is 2.45. The number of carboxylic acids is 1. The van der Waals surface area contributed by atoms with Crippen molar-refractivity contribution in [3.63, 3.8) is 0 Å². The lowest BCUT2D eigenvalue weighted by molar-refractivity contribution is -0.138. The van der Waals surface area contributed by atoms with Crippen molar-refractivity contribution in [3.05, 3.63) is 60.2 Å². The van der Waals surface area contributed by atoms with Crippen LogP contribution in [0.15, 0.2) is 54.6 Å². The van der Waals surface area contributed by atoms with Gasteiger partial charge in [-0.2, -0.15) is 0 Å². The molecule has 1 amide bonds. The van der Waals surface area contributed by atoms with Gasteiger partial charge in [0.25, 0.3) is 5.91 Å². The van der Waals surface area contributed by atoms with Crippen molar-refractivity contribution in [2.75, 3.05) is 11.4 Å². The van der Waals surface area contributed by atoms with Gasteiger partial charge >= 0.3 is 5.97 Å². The largest absolute Gasteiger partial charge is 0.480 e. The first-order valence-electron chi connectivity index (χ1n) is 6.50. The number of fused-ring (bicyclic) bond motifs is 1. The molecule has 0 aromatic heterocycles. The summed E-state index contributed by atoms with van der Waals surface area (Å²) in [6, 6.07) is 16.0. The lowest BCUT2D eigenvalue weighted by atomic mass is 10.1. The van der Waals surface area contributed by atoms with Gasteiger partial charge in [-0.3, -0.25) is 14.5 Å². The Bertz CT molecular complexity index is 684. The molecule has 1 N–H and O–H groups in total. The van der Waals surface area contributed by atoms with Crippen molar-refractivity contribution in [2.45, 2.75) is 6.10 Å². The number of benzene rings is 2. The average molecular weight is 283 g/mol. The van der Waals surface area contributed by atoms with E-state index in [1.807, 2.05) is 18.2 Å². The maximum Gasteiger partial charge on any atom is 0.323 e. The zero-order valence-corrected chi connectivity index (χ0v) is 11.1. The van der Waals surface area contributed by atoms with Crippen molar-refractivity contribution in [1.82, 2.24) is 0 Å². The van der Waals surface area contributed by atoms with Gasteiger partial charge in [0.15, 0.2) is 0 Å².